The third-order valence-corrected chi connectivity index (χ3v) is 4.45. The normalized spacial score (nSPS) is 14.5. The number of hydrogen-bond donors (Lipinski definition) is 0. The smallest absolute Gasteiger partial charge is 0.151 e. The number of methoxy groups -OCH3 is 1. The van der Waals surface area contributed by atoms with E-state index in [-0.39, 0.29) is 0 Å². The molecule has 0 saturated carbocycles. The molecule has 1 fully saturated rings. The molecule has 0 spiro atoms. The molecule has 4 rings (SSSR count). The molecule has 2 aromatic heterocycles. The maximum atomic E-state index is 5.57. The van der Waals surface area contributed by atoms with Gasteiger partial charge in [-0.15, -0.1) is 10.2 Å². The van der Waals surface area contributed by atoms with E-state index in [1.165, 1.54) is 0 Å². The Balaban J connectivity index is 1.61. The van der Waals surface area contributed by atoms with E-state index in [1.54, 1.807) is 13.4 Å². The summed E-state index contributed by atoms with van der Waals surface area (Å²) < 4.78 is 12.9. The Labute approximate surface area is 152 Å². The summed E-state index contributed by atoms with van der Waals surface area (Å²) in [5, 5.41) is 8.78. The van der Waals surface area contributed by atoms with E-state index in [0.29, 0.717) is 0 Å². The maximum absolute atomic E-state index is 5.57. The zero-order chi connectivity index (χ0) is 17.9. The van der Waals surface area contributed by atoms with Gasteiger partial charge in [0.15, 0.2) is 5.82 Å². The second-order valence-corrected chi connectivity index (χ2v) is 6.19. The summed E-state index contributed by atoms with van der Waals surface area (Å²) in [5.41, 5.74) is 3.67. The van der Waals surface area contributed by atoms with Gasteiger partial charge < -0.3 is 18.9 Å². The van der Waals surface area contributed by atoms with Crippen molar-refractivity contribution in [3.05, 3.63) is 48.5 Å². The number of ether oxygens (including phenoxy) is 2. The summed E-state index contributed by atoms with van der Waals surface area (Å²) in [6.45, 7) is 5.12. The quantitative estimate of drug-likeness (QED) is 0.719. The summed E-state index contributed by atoms with van der Waals surface area (Å²) in [6.07, 6.45) is 3.75. The van der Waals surface area contributed by atoms with Crippen molar-refractivity contribution >= 4 is 5.82 Å². The first kappa shape index (κ1) is 16.5. The number of morpholine rings is 1. The second-order valence-electron chi connectivity index (χ2n) is 6.19. The molecular weight excluding hydrogens is 330 g/mol. The lowest BCUT2D eigenvalue weighted by atomic mass is 10.1. The highest BCUT2D eigenvalue weighted by Crippen LogP contribution is 2.29. The summed E-state index contributed by atoms with van der Waals surface area (Å²) >= 11 is 0. The van der Waals surface area contributed by atoms with Crippen molar-refractivity contribution in [3.8, 4) is 22.7 Å². The zero-order valence-electron chi connectivity index (χ0n) is 14.9. The average molecular weight is 351 g/mol. The number of nitrogens with zero attached hydrogens (tertiary/aromatic N) is 5. The summed E-state index contributed by atoms with van der Waals surface area (Å²) in [6, 6.07) is 10.0. The first-order valence-corrected chi connectivity index (χ1v) is 8.60. The van der Waals surface area contributed by atoms with Gasteiger partial charge in [0, 0.05) is 24.8 Å². The topological polar surface area (TPSA) is 65.3 Å². The number of aromatic nitrogens is 4. The van der Waals surface area contributed by atoms with Gasteiger partial charge in [0.25, 0.3) is 0 Å². The summed E-state index contributed by atoms with van der Waals surface area (Å²) in [7, 11) is 1.67. The molecule has 0 amide bonds. The molecule has 0 aliphatic carbocycles. The van der Waals surface area contributed by atoms with Crippen molar-refractivity contribution in [2.24, 2.45) is 0 Å². The van der Waals surface area contributed by atoms with Gasteiger partial charge in [-0.3, -0.25) is 0 Å². The third-order valence-electron chi connectivity index (χ3n) is 4.45. The molecule has 0 N–H and O–H groups in total. The first-order valence-electron chi connectivity index (χ1n) is 8.60. The van der Waals surface area contributed by atoms with Gasteiger partial charge in [-0.1, -0.05) is 6.07 Å². The Morgan fingerprint density at radius 3 is 2.58 bits per heavy atom. The number of benzene rings is 1. The first-order chi connectivity index (χ1) is 12.7. The molecule has 3 aromatic rings. The minimum absolute atomic E-state index is 0.732. The summed E-state index contributed by atoms with van der Waals surface area (Å²) in [5.74, 6) is 1.65. The van der Waals surface area contributed by atoms with Gasteiger partial charge >= 0.3 is 0 Å². The molecular formula is C19H21N5O2. The number of aryl methyl sites for hydroxylation is 1. The van der Waals surface area contributed by atoms with Crippen LogP contribution in [0.1, 0.15) is 5.69 Å². The third kappa shape index (κ3) is 3.25. The number of rotatable bonds is 4. The van der Waals surface area contributed by atoms with Crippen molar-refractivity contribution in [1.82, 2.24) is 19.7 Å². The predicted molar refractivity (Wildman–Crippen MR) is 98.9 cm³/mol. The van der Waals surface area contributed by atoms with E-state index in [0.717, 1.165) is 60.5 Å². The highest BCUT2D eigenvalue weighted by molar-refractivity contribution is 5.65. The van der Waals surface area contributed by atoms with Crippen LogP contribution in [0.15, 0.2) is 42.9 Å². The molecule has 1 aromatic carbocycles. The summed E-state index contributed by atoms with van der Waals surface area (Å²) in [4.78, 5) is 6.46. The SMILES string of the molecule is COc1cc(-c2ccc(N3CCOCC3)nn2)ccc1-n1cnc(C)c1. The standard InChI is InChI=1S/C19H21N5O2/c1-14-12-24(13-20-14)17-5-3-15(11-18(17)25-2)16-4-6-19(22-21-16)23-7-9-26-10-8-23/h3-6,11-13H,7-10H2,1-2H3. The number of hydrogen-bond acceptors (Lipinski definition) is 6. The lowest BCUT2D eigenvalue weighted by Crippen LogP contribution is -2.36. The molecule has 26 heavy (non-hydrogen) atoms. The zero-order valence-corrected chi connectivity index (χ0v) is 14.9. The van der Waals surface area contributed by atoms with Crippen LogP contribution in [-0.2, 0) is 4.74 Å². The van der Waals surface area contributed by atoms with Crippen LogP contribution in [0.3, 0.4) is 0 Å². The minimum atomic E-state index is 0.732. The largest absolute Gasteiger partial charge is 0.495 e. The van der Waals surface area contributed by atoms with Gasteiger partial charge in [-0.05, 0) is 31.2 Å². The molecule has 7 nitrogen and oxygen atoms in total. The Morgan fingerprint density at radius 2 is 1.92 bits per heavy atom. The van der Waals surface area contributed by atoms with Gasteiger partial charge in [0.05, 0.1) is 43.7 Å². The number of imidazole rings is 1. The van der Waals surface area contributed by atoms with Gasteiger partial charge in [-0.25, -0.2) is 4.98 Å². The van der Waals surface area contributed by atoms with Crippen LogP contribution < -0.4 is 9.64 Å². The monoisotopic (exact) mass is 351 g/mol. The van der Waals surface area contributed by atoms with Gasteiger partial charge in [-0.2, -0.15) is 0 Å². The fourth-order valence-electron chi connectivity index (χ4n) is 3.04. The molecule has 0 radical (unpaired) electrons. The molecule has 134 valence electrons. The molecule has 1 saturated heterocycles. The number of anilines is 1. The lowest BCUT2D eigenvalue weighted by Gasteiger charge is -2.27. The highest BCUT2D eigenvalue weighted by Gasteiger charge is 2.14. The molecule has 7 heteroatoms. The van der Waals surface area contributed by atoms with E-state index in [1.807, 2.05) is 48.0 Å². The molecule has 1 aliphatic rings. The Morgan fingerprint density at radius 1 is 1.08 bits per heavy atom. The fourth-order valence-corrected chi connectivity index (χ4v) is 3.04. The molecule has 0 bridgehead atoms. The predicted octanol–water partition coefficient (Wildman–Crippen LogP) is 2.48. The lowest BCUT2D eigenvalue weighted by molar-refractivity contribution is 0.122. The fraction of sp³-hybridized carbons (Fsp3) is 0.316. The van der Waals surface area contributed by atoms with E-state index >= 15 is 0 Å². The Hall–Kier alpha value is -2.93. The Bertz CT molecular complexity index is 885. The van der Waals surface area contributed by atoms with Crippen molar-refractivity contribution in [2.75, 3.05) is 38.3 Å². The highest BCUT2D eigenvalue weighted by atomic mass is 16.5. The van der Waals surface area contributed by atoms with Crippen LogP contribution in [0.25, 0.3) is 16.9 Å². The van der Waals surface area contributed by atoms with Crippen LogP contribution in [0.2, 0.25) is 0 Å². The maximum Gasteiger partial charge on any atom is 0.151 e. The van der Waals surface area contributed by atoms with Gasteiger partial charge in [0.2, 0.25) is 0 Å². The van der Waals surface area contributed by atoms with Crippen LogP contribution in [0, 0.1) is 6.92 Å². The molecule has 0 atom stereocenters. The van der Waals surface area contributed by atoms with E-state index in [9.17, 15) is 0 Å². The Kier molecular flexibility index (Phi) is 4.53. The van der Waals surface area contributed by atoms with Crippen LogP contribution in [0.4, 0.5) is 5.82 Å². The van der Waals surface area contributed by atoms with E-state index < -0.39 is 0 Å². The van der Waals surface area contributed by atoms with E-state index in [2.05, 4.69) is 20.1 Å². The van der Waals surface area contributed by atoms with Crippen molar-refractivity contribution in [2.45, 2.75) is 6.92 Å². The van der Waals surface area contributed by atoms with Crippen molar-refractivity contribution in [1.29, 1.82) is 0 Å². The molecule has 1 aliphatic heterocycles. The van der Waals surface area contributed by atoms with Crippen molar-refractivity contribution in [3.63, 3.8) is 0 Å². The molecule has 3 heterocycles. The molecule has 0 unspecified atom stereocenters. The average Bonchev–Trinajstić information content (AvgIpc) is 3.14. The van der Waals surface area contributed by atoms with Crippen LogP contribution in [0.5, 0.6) is 5.75 Å². The second kappa shape index (κ2) is 7.13. The van der Waals surface area contributed by atoms with E-state index in [4.69, 9.17) is 9.47 Å². The van der Waals surface area contributed by atoms with Crippen LogP contribution in [-0.4, -0.2) is 53.2 Å². The minimum Gasteiger partial charge on any atom is -0.495 e. The van der Waals surface area contributed by atoms with Crippen LogP contribution >= 0.6 is 0 Å². The van der Waals surface area contributed by atoms with Crippen molar-refractivity contribution < 1.29 is 9.47 Å². The van der Waals surface area contributed by atoms with Gasteiger partial charge in [0.1, 0.15) is 5.75 Å².